The lowest BCUT2D eigenvalue weighted by Gasteiger charge is -2.38. The van der Waals surface area contributed by atoms with E-state index >= 15 is 0 Å². The van der Waals surface area contributed by atoms with Crippen LogP contribution in [0.15, 0.2) is 30.3 Å². The molecule has 6 rings (SSSR count). The summed E-state index contributed by atoms with van der Waals surface area (Å²) in [5.74, 6) is -0.264. The van der Waals surface area contributed by atoms with Crippen molar-refractivity contribution in [3.63, 3.8) is 0 Å². The van der Waals surface area contributed by atoms with Crippen molar-refractivity contribution in [3.8, 4) is 5.75 Å². The highest BCUT2D eigenvalue weighted by Crippen LogP contribution is 2.35. The van der Waals surface area contributed by atoms with E-state index in [1.807, 2.05) is 24.1 Å². The van der Waals surface area contributed by atoms with E-state index in [0.717, 1.165) is 36.6 Å². The van der Waals surface area contributed by atoms with Gasteiger partial charge in [-0.05, 0) is 37.5 Å². The minimum absolute atomic E-state index is 0.0108. The maximum atomic E-state index is 14.3. The van der Waals surface area contributed by atoms with Crippen LogP contribution in [0.3, 0.4) is 0 Å². The van der Waals surface area contributed by atoms with Crippen molar-refractivity contribution in [2.75, 3.05) is 55.5 Å². The Balaban J connectivity index is 1.47. The molecular weight excluding hydrogens is 527 g/mol. The number of amides is 1. The van der Waals surface area contributed by atoms with Crippen molar-refractivity contribution in [1.82, 2.24) is 24.2 Å². The summed E-state index contributed by atoms with van der Waals surface area (Å²) >= 11 is 0. The van der Waals surface area contributed by atoms with E-state index < -0.39 is 27.7 Å². The van der Waals surface area contributed by atoms with Crippen LogP contribution in [-0.4, -0.2) is 85.6 Å². The summed E-state index contributed by atoms with van der Waals surface area (Å²) in [6.07, 6.45) is 2.36. The molecule has 2 fully saturated rings. The molecule has 3 aliphatic rings. The maximum Gasteiger partial charge on any atom is 0.258 e. The number of nitrogens with two attached hydrogens (primary N) is 1. The number of fused-ring (bicyclic) bond motifs is 4. The number of carbonyl (C=O) groups excluding carboxylic acids is 1. The van der Waals surface area contributed by atoms with Gasteiger partial charge >= 0.3 is 0 Å². The van der Waals surface area contributed by atoms with E-state index in [-0.39, 0.29) is 29.9 Å². The van der Waals surface area contributed by atoms with Crippen molar-refractivity contribution in [1.29, 1.82) is 0 Å². The van der Waals surface area contributed by atoms with Gasteiger partial charge in [0, 0.05) is 57.9 Å². The van der Waals surface area contributed by atoms with Crippen LogP contribution in [0, 0.1) is 5.82 Å². The summed E-state index contributed by atoms with van der Waals surface area (Å²) in [7, 11) is -2.00. The number of aromatic nitrogens is 3. The smallest absolute Gasteiger partial charge is 0.258 e. The Labute approximate surface area is 225 Å². The number of likely N-dealkylation sites (N-methyl/N-ethyl adjacent to an activating group) is 1. The molecule has 1 aromatic carbocycles. The van der Waals surface area contributed by atoms with E-state index in [9.17, 15) is 17.6 Å². The molecule has 3 aliphatic heterocycles. The molecule has 0 unspecified atom stereocenters. The Kier molecular flexibility index (Phi) is 6.55. The topological polar surface area (TPSA) is 138 Å². The van der Waals surface area contributed by atoms with Crippen molar-refractivity contribution < 1.29 is 22.3 Å². The third-order valence-corrected chi connectivity index (χ3v) is 8.53. The molecule has 2 saturated heterocycles. The summed E-state index contributed by atoms with van der Waals surface area (Å²) in [5, 5.41) is 4.89. The van der Waals surface area contributed by atoms with Crippen LogP contribution in [0.5, 0.6) is 5.75 Å². The van der Waals surface area contributed by atoms with E-state index in [1.165, 1.54) is 6.07 Å². The fourth-order valence-corrected chi connectivity index (χ4v) is 6.13. The van der Waals surface area contributed by atoms with Gasteiger partial charge in [0.05, 0.1) is 17.3 Å². The Morgan fingerprint density at radius 1 is 1.15 bits per heavy atom. The molecule has 0 spiro atoms. The first-order valence-electron chi connectivity index (χ1n) is 13.0. The van der Waals surface area contributed by atoms with Gasteiger partial charge in [-0.25, -0.2) is 22.5 Å². The minimum Gasteiger partial charge on any atom is -0.475 e. The molecule has 0 saturated carbocycles. The molecule has 39 heavy (non-hydrogen) atoms. The number of hydrogen-bond acceptors (Lipinski definition) is 9. The second kappa shape index (κ2) is 9.92. The third kappa shape index (κ3) is 4.99. The number of ether oxygens (including phenoxy) is 1. The first-order valence-corrected chi connectivity index (χ1v) is 14.7. The average molecular weight is 559 g/mol. The monoisotopic (exact) mass is 558 g/mol. The Morgan fingerprint density at radius 3 is 2.77 bits per heavy atom. The quantitative estimate of drug-likeness (QED) is 0.449. The van der Waals surface area contributed by atoms with Gasteiger partial charge < -0.3 is 25.2 Å². The maximum absolute atomic E-state index is 14.3. The first-order chi connectivity index (χ1) is 18.7. The van der Waals surface area contributed by atoms with E-state index in [4.69, 9.17) is 20.6 Å². The van der Waals surface area contributed by atoms with Crippen LogP contribution in [0.25, 0.3) is 5.65 Å². The minimum atomic E-state index is -3.86. The Morgan fingerprint density at radius 2 is 1.97 bits per heavy atom. The standard InChI is InChI=1S/C25H31FN8O4S/c1-31-9-7-28-39(36,37)15-38-21-6-5-16(26)10-18(21)25(35)33-8-3-2-4-20(33)19-11-23-29-22(32-13-17(27)14-32)12-24(31)34(23)30-19/h5-6,10-12,17,20,28H,2-4,7-9,13-15,27H2,1H3/t20-/m0/s1. The van der Waals surface area contributed by atoms with Crippen LogP contribution in [-0.2, 0) is 10.0 Å². The number of sulfonamides is 1. The second-order valence-electron chi connectivity index (χ2n) is 10.3. The molecule has 3 N–H and O–H groups in total. The molecule has 2 aromatic heterocycles. The van der Waals surface area contributed by atoms with Crippen LogP contribution in [0.2, 0.25) is 0 Å². The van der Waals surface area contributed by atoms with Gasteiger partial charge in [-0.3, -0.25) is 4.79 Å². The molecule has 1 atom stereocenters. The number of halogens is 1. The molecule has 0 radical (unpaired) electrons. The van der Waals surface area contributed by atoms with Gasteiger partial charge in [0.15, 0.2) is 5.65 Å². The van der Waals surface area contributed by atoms with Gasteiger partial charge in [0.2, 0.25) is 16.0 Å². The summed E-state index contributed by atoms with van der Waals surface area (Å²) in [5.41, 5.74) is 7.29. The van der Waals surface area contributed by atoms with Crippen molar-refractivity contribution in [2.24, 2.45) is 5.73 Å². The number of hydrogen-bond donors (Lipinski definition) is 2. The number of nitrogens with one attached hydrogen (secondary N) is 1. The van der Waals surface area contributed by atoms with Crippen molar-refractivity contribution >= 4 is 33.2 Å². The average Bonchev–Trinajstić information content (AvgIpc) is 3.33. The van der Waals surface area contributed by atoms with Gasteiger partial charge in [-0.1, -0.05) is 0 Å². The highest BCUT2D eigenvalue weighted by Gasteiger charge is 2.33. The Hall–Kier alpha value is -3.49. The fraction of sp³-hybridized carbons (Fsp3) is 0.480. The van der Waals surface area contributed by atoms with E-state index in [1.54, 1.807) is 9.42 Å². The van der Waals surface area contributed by atoms with Gasteiger partial charge in [-0.15, -0.1) is 0 Å². The lowest BCUT2D eigenvalue weighted by molar-refractivity contribution is 0.0601. The molecule has 208 valence electrons. The van der Waals surface area contributed by atoms with Crippen molar-refractivity contribution in [2.45, 2.75) is 31.3 Å². The molecule has 3 aromatic rings. The molecule has 5 heterocycles. The van der Waals surface area contributed by atoms with Crippen LogP contribution in [0.1, 0.15) is 41.4 Å². The molecule has 2 bridgehead atoms. The molecule has 1 amide bonds. The van der Waals surface area contributed by atoms with Crippen LogP contribution >= 0.6 is 0 Å². The van der Waals surface area contributed by atoms with Gasteiger partial charge in [-0.2, -0.15) is 9.61 Å². The van der Waals surface area contributed by atoms with Gasteiger partial charge in [0.1, 0.15) is 23.2 Å². The first kappa shape index (κ1) is 25.8. The number of nitrogens with zero attached hydrogens (tertiary/aromatic N) is 6. The van der Waals surface area contributed by atoms with Crippen LogP contribution < -0.4 is 25.0 Å². The second-order valence-corrected chi connectivity index (χ2v) is 12.1. The van der Waals surface area contributed by atoms with Crippen molar-refractivity contribution in [3.05, 3.63) is 47.4 Å². The summed E-state index contributed by atoms with van der Waals surface area (Å²) in [6.45, 7) is 2.28. The number of anilines is 2. The molecule has 12 nitrogen and oxygen atoms in total. The van der Waals surface area contributed by atoms with E-state index in [2.05, 4.69) is 9.62 Å². The zero-order chi connectivity index (χ0) is 27.3. The number of carbonyl (C=O) groups is 1. The summed E-state index contributed by atoms with van der Waals surface area (Å²) < 4.78 is 49.5. The summed E-state index contributed by atoms with van der Waals surface area (Å²) in [4.78, 5) is 24.3. The lowest BCUT2D eigenvalue weighted by atomic mass is 9.98. The molecule has 14 heteroatoms. The predicted molar refractivity (Wildman–Crippen MR) is 143 cm³/mol. The number of piperidine rings is 1. The largest absolute Gasteiger partial charge is 0.475 e. The zero-order valence-electron chi connectivity index (χ0n) is 21.6. The highest BCUT2D eigenvalue weighted by atomic mass is 32.2. The number of benzene rings is 1. The SMILES string of the molecule is CN1CCNS(=O)(=O)COc2ccc(F)cc2C(=O)N2CCCC[C@H]2c2cc3nc(N4CC(N)C4)cc1n3n2. The predicted octanol–water partition coefficient (Wildman–Crippen LogP) is 1.09. The fourth-order valence-electron chi connectivity index (χ4n) is 5.36. The third-order valence-electron chi connectivity index (χ3n) is 7.45. The Bertz CT molecular complexity index is 1520. The lowest BCUT2D eigenvalue weighted by Crippen LogP contribution is -2.56. The summed E-state index contributed by atoms with van der Waals surface area (Å²) in [6, 6.07) is 7.06. The van der Waals surface area contributed by atoms with Crippen LogP contribution in [0.4, 0.5) is 16.0 Å². The van der Waals surface area contributed by atoms with Gasteiger partial charge in [0.25, 0.3) is 5.91 Å². The van der Waals surface area contributed by atoms with E-state index in [0.29, 0.717) is 43.9 Å². The zero-order valence-corrected chi connectivity index (χ0v) is 22.4. The molecule has 0 aliphatic carbocycles. The molecular formula is C25H31FN8O4S. The number of rotatable bonds is 1. The highest BCUT2D eigenvalue weighted by molar-refractivity contribution is 7.89. The normalized spacial score (nSPS) is 22.4.